The summed E-state index contributed by atoms with van der Waals surface area (Å²) >= 11 is 0. The lowest BCUT2D eigenvalue weighted by atomic mass is 9.93. The largest absolute Gasteiger partial charge is 0.309 e. The monoisotopic (exact) mass is 699 g/mol. The number of hydrogen-bond acceptors (Lipinski definition) is 1. The lowest BCUT2D eigenvalue weighted by Crippen LogP contribution is -2.12. The number of hydrogen-bond donors (Lipinski definition) is 0. The third-order valence-electron chi connectivity index (χ3n) is 10.9. The highest BCUT2D eigenvalue weighted by molar-refractivity contribution is 6.18. The molecule has 258 valence electrons. The van der Waals surface area contributed by atoms with Crippen LogP contribution in [0.15, 0.2) is 224 Å². The van der Waals surface area contributed by atoms with E-state index >= 15 is 0 Å². The predicted octanol–water partition coefficient (Wildman–Crippen LogP) is 15.3. The Balaban J connectivity index is 1.14. The summed E-state index contributed by atoms with van der Waals surface area (Å²) in [6.07, 6.45) is 0. The van der Waals surface area contributed by atoms with Crippen LogP contribution in [0.5, 0.6) is 0 Å². The van der Waals surface area contributed by atoms with Crippen molar-refractivity contribution in [1.29, 1.82) is 0 Å². The van der Waals surface area contributed by atoms with E-state index in [4.69, 9.17) is 0 Å². The highest BCUT2D eigenvalue weighted by Gasteiger charge is 2.21. The fourth-order valence-corrected chi connectivity index (χ4v) is 8.15. The first kappa shape index (κ1) is 32.4. The van der Waals surface area contributed by atoms with Gasteiger partial charge in [0.2, 0.25) is 0 Å². The van der Waals surface area contributed by atoms with Gasteiger partial charge in [-0.1, -0.05) is 188 Å². The zero-order valence-electron chi connectivity index (χ0n) is 30.3. The number of para-hydroxylation sites is 2. The first-order chi connectivity index (χ1) is 27.3. The Labute approximate surface area is 322 Å². The molecule has 0 radical (unpaired) electrons. The second-order valence-corrected chi connectivity index (χ2v) is 14.1. The van der Waals surface area contributed by atoms with Crippen molar-refractivity contribution in [2.75, 3.05) is 4.90 Å². The van der Waals surface area contributed by atoms with Crippen LogP contribution in [-0.4, -0.2) is 0 Å². The van der Waals surface area contributed by atoms with E-state index in [0.717, 1.165) is 17.1 Å². The zero-order valence-corrected chi connectivity index (χ0v) is 30.3. The van der Waals surface area contributed by atoms with Crippen LogP contribution in [0.2, 0.25) is 0 Å². The first-order valence-corrected chi connectivity index (χ1v) is 18.9. The molecule has 0 bridgehead atoms. The fourth-order valence-electron chi connectivity index (χ4n) is 8.15. The maximum atomic E-state index is 2.43. The topological polar surface area (TPSA) is 3.24 Å². The smallest absolute Gasteiger partial charge is 0.0540 e. The van der Waals surface area contributed by atoms with Crippen LogP contribution in [0.25, 0.3) is 76.8 Å². The van der Waals surface area contributed by atoms with Crippen LogP contribution in [-0.2, 0) is 0 Å². The molecule has 0 atom stereocenters. The molecular formula is C54H37N. The zero-order chi connectivity index (χ0) is 36.6. The van der Waals surface area contributed by atoms with Crippen LogP contribution < -0.4 is 4.90 Å². The van der Waals surface area contributed by atoms with E-state index in [0.29, 0.717) is 0 Å². The van der Waals surface area contributed by atoms with E-state index < -0.39 is 0 Å². The Morgan fingerprint density at radius 3 is 1.40 bits per heavy atom. The Hall–Kier alpha value is -7.22. The highest BCUT2D eigenvalue weighted by atomic mass is 15.1. The van der Waals surface area contributed by atoms with Gasteiger partial charge in [-0.05, 0) is 102 Å². The van der Waals surface area contributed by atoms with Crippen molar-refractivity contribution < 1.29 is 0 Å². The van der Waals surface area contributed by atoms with Crippen molar-refractivity contribution in [2.24, 2.45) is 0 Å². The molecule has 0 saturated heterocycles. The summed E-state index contributed by atoms with van der Waals surface area (Å²) in [5.74, 6) is 0. The Morgan fingerprint density at radius 1 is 0.236 bits per heavy atom. The lowest BCUT2D eigenvalue weighted by Gasteiger charge is -2.30. The molecule has 0 aliphatic rings. The molecule has 0 aliphatic heterocycles. The molecule has 0 aromatic heterocycles. The Morgan fingerprint density at radius 2 is 0.709 bits per heavy atom. The highest BCUT2D eigenvalue weighted by Crippen LogP contribution is 2.45. The third kappa shape index (κ3) is 6.02. The molecule has 0 unspecified atom stereocenters. The minimum absolute atomic E-state index is 1.09. The van der Waals surface area contributed by atoms with Gasteiger partial charge in [-0.2, -0.15) is 0 Å². The van der Waals surface area contributed by atoms with Crippen molar-refractivity contribution in [3.05, 3.63) is 224 Å². The summed E-state index contributed by atoms with van der Waals surface area (Å²) in [6.45, 7) is 0. The second kappa shape index (κ2) is 14.0. The lowest BCUT2D eigenvalue weighted by molar-refractivity contribution is 1.28. The summed E-state index contributed by atoms with van der Waals surface area (Å²) in [5, 5.41) is 7.60. The van der Waals surface area contributed by atoms with Crippen LogP contribution in [0, 0.1) is 0 Å². The van der Waals surface area contributed by atoms with E-state index in [9.17, 15) is 0 Å². The van der Waals surface area contributed by atoms with Crippen LogP contribution in [0.3, 0.4) is 0 Å². The number of nitrogens with zero attached hydrogens (tertiary/aromatic N) is 1. The molecule has 55 heavy (non-hydrogen) atoms. The molecule has 1 nitrogen and oxygen atoms in total. The summed E-state index contributed by atoms with van der Waals surface area (Å²) in [6, 6.07) is 81.5. The minimum atomic E-state index is 1.09. The summed E-state index contributed by atoms with van der Waals surface area (Å²) < 4.78 is 0. The second-order valence-electron chi connectivity index (χ2n) is 14.1. The average Bonchev–Trinajstić information content (AvgIpc) is 3.27. The van der Waals surface area contributed by atoms with Gasteiger partial charge in [0.1, 0.15) is 0 Å². The average molecular weight is 700 g/mol. The van der Waals surface area contributed by atoms with Crippen molar-refractivity contribution >= 4 is 49.4 Å². The molecule has 10 rings (SSSR count). The molecule has 0 spiro atoms. The molecule has 0 saturated carbocycles. The molecule has 10 aromatic carbocycles. The standard InChI is InChI=1S/C54H37N/c1-3-14-38(15-4-1)43-19-13-20-44(36-43)39-28-32-46(33-29-39)55(53-24-11-9-22-48(53)40-16-5-2-6-17-40)54-25-12-10-23-49(54)45-27-26-42-31-34-50-47-21-8-7-18-41(47)30-35-51(50)52(42)37-45/h1-37H. The maximum Gasteiger partial charge on any atom is 0.0540 e. The molecule has 1 heteroatoms. The van der Waals surface area contributed by atoms with Gasteiger partial charge >= 0.3 is 0 Å². The molecular weight excluding hydrogens is 663 g/mol. The Kier molecular flexibility index (Phi) is 8.24. The SMILES string of the molecule is c1ccc(-c2cccc(-c3ccc(N(c4ccccc4-c4ccccc4)c4ccccc4-c4ccc5ccc6c7ccccc7ccc6c5c4)cc3)c2)cc1. The van der Waals surface area contributed by atoms with E-state index in [1.807, 2.05) is 0 Å². The molecule has 10 aromatic rings. The minimum Gasteiger partial charge on any atom is -0.309 e. The number of fused-ring (bicyclic) bond motifs is 5. The maximum absolute atomic E-state index is 2.43. The normalized spacial score (nSPS) is 11.3. The van der Waals surface area contributed by atoms with Crippen LogP contribution in [0.1, 0.15) is 0 Å². The van der Waals surface area contributed by atoms with Crippen molar-refractivity contribution in [2.45, 2.75) is 0 Å². The van der Waals surface area contributed by atoms with Gasteiger partial charge < -0.3 is 4.90 Å². The molecule has 0 aliphatic carbocycles. The van der Waals surface area contributed by atoms with E-state index in [-0.39, 0.29) is 0 Å². The number of anilines is 3. The van der Waals surface area contributed by atoms with E-state index in [1.165, 1.54) is 76.8 Å². The van der Waals surface area contributed by atoms with Gasteiger partial charge in [0.15, 0.2) is 0 Å². The summed E-state index contributed by atoms with van der Waals surface area (Å²) in [5.41, 5.74) is 12.9. The van der Waals surface area contributed by atoms with Crippen LogP contribution in [0.4, 0.5) is 17.1 Å². The summed E-state index contributed by atoms with van der Waals surface area (Å²) in [7, 11) is 0. The number of rotatable bonds is 7. The molecule has 0 fully saturated rings. The van der Waals surface area contributed by atoms with E-state index in [2.05, 4.69) is 229 Å². The fraction of sp³-hybridized carbons (Fsp3) is 0. The number of benzene rings is 10. The van der Waals surface area contributed by atoms with Crippen molar-refractivity contribution in [3.8, 4) is 44.5 Å². The summed E-state index contributed by atoms with van der Waals surface area (Å²) in [4.78, 5) is 2.43. The quantitative estimate of drug-likeness (QED) is 0.150. The molecule has 0 amide bonds. The van der Waals surface area contributed by atoms with Gasteiger partial charge in [0.25, 0.3) is 0 Å². The Bertz CT molecular complexity index is 2960. The van der Waals surface area contributed by atoms with Crippen molar-refractivity contribution in [1.82, 2.24) is 0 Å². The van der Waals surface area contributed by atoms with Gasteiger partial charge in [-0.3, -0.25) is 0 Å². The first-order valence-electron chi connectivity index (χ1n) is 18.9. The van der Waals surface area contributed by atoms with Gasteiger partial charge in [-0.15, -0.1) is 0 Å². The molecule has 0 heterocycles. The van der Waals surface area contributed by atoms with Gasteiger partial charge in [-0.25, -0.2) is 0 Å². The third-order valence-corrected chi connectivity index (χ3v) is 10.9. The van der Waals surface area contributed by atoms with E-state index in [1.54, 1.807) is 0 Å². The van der Waals surface area contributed by atoms with Crippen molar-refractivity contribution in [3.63, 3.8) is 0 Å². The van der Waals surface area contributed by atoms with Crippen LogP contribution >= 0.6 is 0 Å². The predicted molar refractivity (Wildman–Crippen MR) is 235 cm³/mol. The van der Waals surface area contributed by atoms with Gasteiger partial charge in [0.05, 0.1) is 11.4 Å². The molecule has 0 N–H and O–H groups in total. The van der Waals surface area contributed by atoms with Gasteiger partial charge in [0, 0.05) is 16.8 Å².